The van der Waals surface area contributed by atoms with Crippen LogP contribution in [0.5, 0.6) is 0 Å². The standard InChI is InChI=1S/C14H20N4/c1-10-5-4-6-11(2)12(10)7-13(17-15)14-8-18(3)9-16-14/h4-6,8-9,13,17H,7,15H2,1-3H3. The van der Waals surface area contributed by atoms with E-state index in [1.54, 1.807) is 6.33 Å². The molecule has 1 aromatic heterocycles. The maximum atomic E-state index is 5.66. The lowest BCUT2D eigenvalue weighted by Gasteiger charge is -2.17. The molecule has 1 unspecified atom stereocenters. The number of nitrogens with zero attached hydrogens (tertiary/aromatic N) is 2. The van der Waals surface area contributed by atoms with Crippen molar-refractivity contribution in [2.24, 2.45) is 12.9 Å². The van der Waals surface area contributed by atoms with Gasteiger partial charge >= 0.3 is 0 Å². The second-order valence-corrected chi connectivity index (χ2v) is 4.76. The molecule has 0 saturated heterocycles. The number of hydrogen-bond donors (Lipinski definition) is 2. The first-order chi connectivity index (χ1) is 8.61. The molecule has 0 amide bonds. The van der Waals surface area contributed by atoms with Crippen LogP contribution < -0.4 is 11.3 Å². The van der Waals surface area contributed by atoms with E-state index >= 15 is 0 Å². The summed E-state index contributed by atoms with van der Waals surface area (Å²) in [6, 6.07) is 6.40. The molecule has 96 valence electrons. The van der Waals surface area contributed by atoms with Gasteiger partial charge in [-0.1, -0.05) is 18.2 Å². The second kappa shape index (κ2) is 5.33. The minimum absolute atomic E-state index is 0.0472. The molecule has 1 aromatic carbocycles. The van der Waals surface area contributed by atoms with Gasteiger partial charge in [0.25, 0.3) is 0 Å². The van der Waals surface area contributed by atoms with Crippen molar-refractivity contribution >= 4 is 0 Å². The molecule has 1 heterocycles. The van der Waals surface area contributed by atoms with Crippen LogP contribution in [0.2, 0.25) is 0 Å². The van der Waals surface area contributed by atoms with E-state index < -0.39 is 0 Å². The molecule has 0 aliphatic carbocycles. The molecule has 0 radical (unpaired) electrons. The Morgan fingerprint density at radius 3 is 2.50 bits per heavy atom. The number of aromatic nitrogens is 2. The molecule has 0 aliphatic rings. The van der Waals surface area contributed by atoms with Gasteiger partial charge in [0.15, 0.2) is 0 Å². The zero-order valence-corrected chi connectivity index (χ0v) is 11.1. The van der Waals surface area contributed by atoms with Crippen molar-refractivity contribution in [2.45, 2.75) is 26.3 Å². The minimum Gasteiger partial charge on any atom is -0.340 e. The maximum Gasteiger partial charge on any atom is 0.0947 e. The summed E-state index contributed by atoms with van der Waals surface area (Å²) in [6.07, 6.45) is 4.65. The highest BCUT2D eigenvalue weighted by molar-refractivity contribution is 5.34. The zero-order valence-electron chi connectivity index (χ0n) is 11.1. The highest BCUT2D eigenvalue weighted by Crippen LogP contribution is 2.21. The molecular weight excluding hydrogens is 224 g/mol. The second-order valence-electron chi connectivity index (χ2n) is 4.76. The van der Waals surface area contributed by atoms with E-state index in [-0.39, 0.29) is 6.04 Å². The van der Waals surface area contributed by atoms with Crippen LogP contribution in [0.3, 0.4) is 0 Å². The Balaban J connectivity index is 2.26. The highest BCUT2D eigenvalue weighted by atomic mass is 15.2. The third-order valence-corrected chi connectivity index (χ3v) is 3.34. The fourth-order valence-corrected chi connectivity index (χ4v) is 2.24. The fraction of sp³-hybridized carbons (Fsp3) is 0.357. The Bertz CT molecular complexity index is 510. The molecule has 3 N–H and O–H groups in total. The monoisotopic (exact) mass is 244 g/mol. The number of rotatable bonds is 4. The van der Waals surface area contributed by atoms with Crippen LogP contribution in [0.15, 0.2) is 30.7 Å². The van der Waals surface area contributed by atoms with Crippen molar-refractivity contribution in [3.63, 3.8) is 0 Å². The molecule has 0 spiro atoms. The van der Waals surface area contributed by atoms with E-state index in [9.17, 15) is 0 Å². The van der Waals surface area contributed by atoms with Gasteiger partial charge in [-0.2, -0.15) is 0 Å². The predicted octanol–water partition coefficient (Wildman–Crippen LogP) is 1.78. The Morgan fingerprint density at radius 2 is 2.00 bits per heavy atom. The highest BCUT2D eigenvalue weighted by Gasteiger charge is 2.15. The average Bonchev–Trinajstić information content (AvgIpc) is 2.76. The molecule has 0 aliphatic heterocycles. The average molecular weight is 244 g/mol. The number of hydrazine groups is 1. The summed E-state index contributed by atoms with van der Waals surface area (Å²) in [6.45, 7) is 4.27. The molecule has 4 heteroatoms. The summed E-state index contributed by atoms with van der Waals surface area (Å²) in [7, 11) is 1.96. The topological polar surface area (TPSA) is 55.9 Å². The summed E-state index contributed by atoms with van der Waals surface area (Å²) in [4.78, 5) is 4.36. The van der Waals surface area contributed by atoms with Crippen LogP contribution in [0.1, 0.15) is 28.4 Å². The van der Waals surface area contributed by atoms with Crippen LogP contribution in [-0.4, -0.2) is 9.55 Å². The van der Waals surface area contributed by atoms with E-state index in [2.05, 4.69) is 42.5 Å². The van der Waals surface area contributed by atoms with E-state index in [4.69, 9.17) is 5.84 Å². The van der Waals surface area contributed by atoms with E-state index in [1.807, 2.05) is 17.8 Å². The van der Waals surface area contributed by atoms with Gasteiger partial charge in [0, 0.05) is 13.2 Å². The summed E-state index contributed by atoms with van der Waals surface area (Å²) >= 11 is 0. The summed E-state index contributed by atoms with van der Waals surface area (Å²) in [5.74, 6) is 5.66. The number of nitrogens with two attached hydrogens (primary N) is 1. The van der Waals surface area contributed by atoms with Crippen molar-refractivity contribution in [3.8, 4) is 0 Å². The Kier molecular flexibility index (Phi) is 3.79. The van der Waals surface area contributed by atoms with Crippen LogP contribution in [-0.2, 0) is 13.5 Å². The van der Waals surface area contributed by atoms with Gasteiger partial charge in [0.2, 0.25) is 0 Å². The zero-order chi connectivity index (χ0) is 13.1. The molecule has 0 bridgehead atoms. The number of hydrogen-bond acceptors (Lipinski definition) is 3. The fourth-order valence-electron chi connectivity index (χ4n) is 2.24. The molecule has 1 atom stereocenters. The van der Waals surface area contributed by atoms with Gasteiger partial charge in [-0.3, -0.25) is 11.3 Å². The smallest absolute Gasteiger partial charge is 0.0947 e. The largest absolute Gasteiger partial charge is 0.340 e. The molecule has 0 saturated carbocycles. The van der Waals surface area contributed by atoms with Gasteiger partial charge in [-0.25, -0.2) is 4.98 Å². The summed E-state index contributed by atoms with van der Waals surface area (Å²) in [5.41, 5.74) is 7.77. The molecule has 2 aromatic rings. The maximum absolute atomic E-state index is 5.66. The van der Waals surface area contributed by atoms with Gasteiger partial charge in [0.05, 0.1) is 18.1 Å². The van der Waals surface area contributed by atoms with Crippen LogP contribution in [0, 0.1) is 13.8 Å². The minimum atomic E-state index is 0.0472. The number of nitrogens with one attached hydrogen (secondary N) is 1. The van der Waals surface area contributed by atoms with Gasteiger partial charge in [-0.15, -0.1) is 0 Å². The van der Waals surface area contributed by atoms with Gasteiger partial charge < -0.3 is 4.57 Å². The molecular formula is C14H20N4. The Hall–Kier alpha value is -1.65. The SMILES string of the molecule is Cc1cccc(C)c1CC(NN)c1cn(C)cn1. The molecule has 0 fully saturated rings. The lowest BCUT2D eigenvalue weighted by atomic mass is 9.95. The van der Waals surface area contributed by atoms with Gasteiger partial charge in [-0.05, 0) is 37.0 Å². The Morgan fingerprint density at radius 1 is 1.33 bits per heavy atom. The van der Waals surface area contributed by atoms with Crippen molar-refractivity contribution < 1.29 is 0 Å². The van der Waals surface area contributed by atoms with Crippen molar-refractivity contribution in [1.29, 1.82) is 0 Å². The first kappa shape index (κ1) is 12.8. The third kappa shape index (κ3) is 2.60. The van der Waals surface area contributed by atoms with Crippen LogP contribution >= 0.6 is 0 Å². The summed E-state index contributed by atoms with van der Waals surface area (Å²) in [5, 5.41) is 0. The normalized spacial score (nSPS) is 12.7. The van der Waals surface area contributed by atoms with Crippen molar-refractivity contribution in [1.82, 2.24) is 15.0 Å². The lowest BCUT2D eigenvalue weighted by Crippen LogP contribution is -2.30. The summed E-state index contributed by atoms with van der Waals surface area (Å²) < 4.78 is 1.93. The number of imidazole rings is 1. The quantitative estimate of drug-likeness (QED) is 0.637. The van der Waals surface area contributed by atoms with Crippen LogP contribution in [0.25, 0.3) is 0 Å². The number of aryl methyl sites for hydroxylation is 3. The third-order valence-electron chi connectivity index (χ3n) is 3.34. The number of benzene rings is 1. The first-order valence-electron chi connectivity index (χ1n) is 6.11. The predicted molar refractivity (Wildman–Crippen MR) is 72.9 cm³/mol. The molecule has 4 nitrogen and oxygen atoms in total. The molecule has 18 heavy (non-hydrogen) atoms. The molecule has 2 rings (SSSR count). The van der Waals surface area contributed by atoms with Crippen molar-refractivity contribution in [3.05, 3.63) is 53.1 Å². The van der Waals surface area contributed by atoms with Crippen molar-refractivity contribution in [2.75, 3.05) is 0 Å². The van der Waals surface area contributed by atoms with Crippen LogP contribution in [0.4, 0.5) is 0 Å². The van der Waals surface area contributed by atoms with E-state index in [0.29, 0.717) is 0 Å². The van der Waals surface area contributed by atoms with E-state index in [1.165, 1.54) is 16.7 Å². The first-order valence-corrected chi connectivity index (χ1v) is 6.11. The Labute approximate surface area is 108 Å². The lowest BCUT2D eigenvalue weighted by molar-refractivity contribution is 0.538. The van der Waals surface area contributed by atoms with Gasteiger partial charge in [0.1, 0.15) is 0 Å². The van der Waals surface area contributed by atoms with E-state index in [0.717, 1.165) is 12.1 Å².